The summed E-state index contributed by atoms with van der Waals surface area (Å²) in [5.74, 6) is 4.81. The van der Waals surface area contributed by atoms with Gasteiger partial charge in [0.1, 0.15) is 5.75 Å². The van der Waals surface area contributed by atoms with Crippen molar-refractivity contribution in [3.05, 3.63) is 28.2 Å². The fraction of sp³-hybridized carbons (Fsp3) is 0.429. The van der Waals surface area contributed by atoms with Crippen molar-refractivity contribution in [3.63, 3.8) is 0 Å². The van der Waals surface area contributed by atoms with Crippen molar-refractivity contribution in [2.45, 2.75) is 12.8 Å². The van der Waals surface area contributed by atoms with Crippen LogP contribution in [0.4, 0.5) is 0 Å². The summed E-state index contributed by atoms with van der Waals surface area (Å²) in [6.07, 6.45) is 1.47. The molecule has 0 radical (unpaired) electrons. The lowest BCUT2D eigenvalue weighted by Crippen LogP contribution is -2.48. The number of carbonyl (C=O) groups excluding carboxylic acids is 2. The predicted octanol–water partition coefficient (Wildman–Crippen LogP) is 1.60. The number of hydrogen-bond donors (Lipinski definition) is 2. The van der Waals surface area contributed by atoms with E-state index in [1.165, 1.54) is 0 Å². The van der Waals surface area contributed by atoms with Gasteiger partial charge in [-0.3, -0.25) is 15.0 Å². The van der Waals surface area contributed by atoms with Crippen LogP contribution in [0.25, 0.3) is 0 Å². The molecule has 3 N–H and O–H groups in total. The van der Waals surface area contributed by atoms with Crippen LogP contribution in [0.15, 0.2) is 18.2 Å². The fourth-order valence-corrected chi connectivity index (χ4v) is 2.82. The van der Waals surface area contributed by atoms with Crippen LogP contribution < -0.4 is 16.0 Å². The van der Waals surface area contributed by atoms with Gasteiger partial charge in [-0.2, -0.15) is 0 Å². The number of amides is 2. The smallest absolute Gasteiger partial charge is 0.260 e. The molecule has 0 aromatic heterocycles. The molecule has 1 aromatic rings. The van der Waals surface area contributed by atoms with E-state index in [4.69, 9.17) is 33.8 Å². The molecule has 6 nitrogen and oxygen atoms in total. The van der Waals surface area contributed by atoms with Crippen molar-refractivity contribution < 1.29 is 14.3 Å². The standard InChI is InChI=1S/C14H17Cl2N3O3/c15-10-3-4-12(11(16)6-10)22-8-13(20)19-5-1-2-9(7-19)14(21)18-17/h3-4,6,9H,1-2,5,7-8,17H2,(H,18,21). The Morgan fingerprint density at radius 3 is 2.86 bits per heavy atom. The van der Waals surface area contributed by atoms with Crippen LogP contribution >= 0.6 is 23.2 Å². The predicted molar refractivity (Wildman–Crippen MR) is 83.6 cm³/mol. The second kappa shape index (κ2) is 7.67. The second-order valence-corrected chi connectivity index (χ2v) is 5.89. The number of nitrogens with two attached hydrogens (primary N) is 1. The first-order valence-corrected chi connectivity index (χ1v) is 7.63. The van der Waals surface area contributed by atoms with E-state index in [9.17, 15) is 9.59 Å². The molecule has 1 fully saturated rings. The number of likely N-dealkylation sites (tertiary alicyclic amines) is 1. The molecule has 2 amide bonds. The van der Waals surface area contributed by atoms with Crippen LogP contribution in [0.3, 0.4) is 0 Å². The Balaban J connectivity index is 1.90. The van der Waals surface area contributed by atoms with E-state index < -0.39 is 0 Å². The number of rotatable bonds is 4. The van der Waals surface area contributed by atoms with Crippen molar-refractivity contribution in [1.82, 2.24) is 10.3 Å². The highest BCUT2D eigenvalue weighted by Gasteiger charge is 2.28. The van der Waals surface area contributed by atoms with Gasteiger partial charge >= 0.3 is 0 Å². The van der Waals surface area contributed by atoms with E-state index in [0.29, 0.717) is 28.9 Å². The minimum atomic E-state index is -0.276. The molecule has 1 aliphatic rings. The van der Waals surface area contributed by atoms with Crippen molar-refractivity contribution in [2.75, 3.05) is 19.7 Å². The van der Waals surface area contributed by atoms with Gasteiger partial charge in [0.05, 0.1) is 10.9 Å². The second-order valence-electron chi connectivity index (χ2n) is 5.05. The van der Waals surface area contributed by atoms with Crippen molar-refractivity contribution >= 4 is 35.0 Å². The monoisotopic (exact) mass is 345 g/mol. The first-order valence-electron chi connectivity index (χ1n) is 6.87. The summed E-state index contributed by atoms with van der Waals surface area (Å²) >= 11 is 11.8. The molecule has 0 aliphatic carbocycles. The lowest BCUT2D eigenvalue weighted by molar-refractivity contribution is -0.137. The number of halogens is 2. The Bertz CT molecular complexity index is 568. The molecule has 8 heteroatoms. The number of hydrogen-bond acceptors (Lipinski definition) is 4. The summed E-state index contributed by atoms with van der Waals surface area (Å²) in [7, 11) is 0. The van der Waals surface area contributed by atoms with Gasteiger partial charge < -0.3 is 9.64 Å². The highest BCUT2D eigenvalue weighted by Crippen LogP contribution is 2.27. The average molecular weight is 346 g/mol. The van der Waals surface area contributed by atoms with Crippen LogP contribution in [-0.2, 0) is 9.59 Å². The van der Waals surface area contributed by atoms with Crippen LogP contribution in [0.2, 0.25) is 10.0 Å². The minimum Gasteiger partial charge on any atom is -0.482 e. The summed E-state index contributed by atoms with van der Waals surface area (Å²) in [6.45, 7) is 0.808. The van der Waals surface area contributed by atoms with Gasteiger partial charge in [0, 0.05) is 18.1 Å². The van der Waals surface area contributed by atoms with E-state index in [1.54, 1.807) is 23.1 Å². The van der Waals surface area contributed by atoms with Crippen LogP contribution in [0.5, 0.6) is 5.75 Å². The number of benzene rings is 1. The molecule has 1 saturated heterocycles. The molecule has 22 heavy (non-hydrogen) atoms. The Hall–Kier alpha value is -1.50. The Labute approximate surface area is 138 Å². The zero-order valence-corrected chi connectivity index (χ0v) is 13.4. The van der Waals surface area contributed by atoms with E-state index in [-0.39, 0.29) is 24.3 Å². The molecule has 1 atom stereocenters. The summed E-state index contributed by atoms with van der Waals surface area (Å²) in [6, 6.07) is 4.79. The molecule has 0 spiro atoms. The molecular weight excluding hydrogens is 329 g/mol. The molecule has 2 rings (SSSR count). The van der Waals surface area contributed by atoms with Crippen molar-refractivity contribution in [1.29, 1.82) is 0 Å². The number of hydrazine groups is 1. The molecule has 1 heterocycles. The average Bonchev–Trinajstić information content (AvgIpc) is 2.53. The summed E-state index contributed by atoms with van der Waals surface area (Å²) in [4.78, 5) is 25.3. The van der Waals surface area contributed by atoms with Gasteiger partial charge in [-0.1, -0.05) is 23.2 Å². The van der Waals surface area contributed by atoms with Crippen LogP contribution in [0.1, 0.15) is 12.8 Å². The Morgan fingerprint density at radius 2 is 2.18 bits per heavy atom. The topological polar surface area (TPSA) is 84.7 Å². The maximum absolute atomic E-state index is 12.2. The van der Waals surface area contributed by atoms with E-state index in [2.05, 4.69) is 5.43 Å². The first-order chi connectivity index (χ1) is 10.5. The normalized spacial score (nSPS) is 18.0. The van der Waals surface area contributed by atoms with E-state index in [1.807, 2.05) is 0 Å². The molecule has 1 unspecified atom stereocenters. The van der Waals surface area contributed by atoms with Gasteiger partial charge in [-0.05, 0) is 31.0 Å². The SMILES string of the molecule is NNC(=O)C1CCCN(C(=O)COc2ccc(Cl)cc2Cl)C1. The number of nitrogens with one attached hydrogen (secondary N) is 1. The quantitative estimate of drug-likeness (QED) is 0.493. The van der Waals surface area contributed by atoms with Gasteiger partial charge in [0.25, 0.3) is 5.91 Å². The maximum Gasteiger partial charge on any atom is 0.260 e. The number of ether oxygens (including phenoxy) is 1. The van der Waals surface area contributed by atoms with E-state index >= 15 is 0 Å². The van der Waals surface area contributed by atoms with Crippen molar-refractivity contribution in [2.24, 2.45) is 11.8 Å². The highest BCUT2D eigenvalue weighted by atomic mass is 35.5. The van der Waals surface area contributed by atoms with Crippen molar-refractivity contribution in [3.8, 4) is 5.75 Å². The Kier molecular flexibility index (Phi) is 5.88. The number of carbonyl (C=O) groups is 2. The first kappa shape index (κ1) is 16.9. The van der Waals surface area contributed by atoms with Gasteiger partial charge in [-0.15, -0.1) is 0 Å². The molecular formula is C14H17Cl2N3O3. The maximum atomic E-state index is 12.2. The third-order valence-corrected chi connectivity index (χ3v) is 4.06. The number of piperidine rings is 1. The third kappa shape index (κ3) is 4.25. The number of nitrogens with zero attached hydrogens (tertiary/aromatic N) is 1. The zero-order chi connectivity index (χ0) is 16.1. The third-order valence-electron chi connectivity index (χ3n) is 3.53. The lowest BCUT2D eigenvalue weighted by Gasteiger charge is -2.31. The van der Waals surface area contributed by atoms with Gasteiger partial charge in [-0.25, -0.2) is 5.84 Å². The zero-order valence-electron chi connectivity index (χ0n) is 11.9. The van der Waals surface area contributed by atoms with Crippen LogP contribution in [0, 0.1) is 5.92 Å². The molecule has 1 aliphatic heterocycles. The molecule has 0 saturated carbocycles. The van der Waals surface area contributed by atoms with Crippen LogP contribution in [-0.4, -0.2) is 36.4 Å². The Morgan fingerprint density at radius 1 is 1.41 bits per heavy atom. The molecule has 120 valence electrons. The lowest BCUT2D eigenvalue weighted by atomic mass is 9.97. The fourth-order valence-electron chi connectivity index (χ4n) is 2.36. The van der Waals surface area contributed by atoms with Gasteiger partial charge in [0.15, 0.2) is 6.61 Å². The van der Waals surface area contributed by atoms with Gasteiger partial charge in [0.2, 0.25) is 5.91 Å². The minimum absolute atomic E-state index is 0.141. The molecule has 0 bridgehead atoms. The molecule has 1 aromatic carbocycles. The summed E-state index contributed by atoms with van der Waals surface area (Å²) < 4.78 is 5.42. The largest absolute Gasteiger partial charge is 0.482 e. The highest BCUT2D eigenvalue weighted by molar-refractivity contribution is 6.35. The van der Waals surface area contributed by atoms with E-state index in [0.717, 1.165) is 12.8 Å². The summed E-state index contributed by atoms with van der Waals surface area (Å²) in [5.41, 5.74) is 2.13. The summed E-state index contributed by atoms with van der Waals surface area (Å²) in [5, 5.41) is 0.842.